The Morgan fingerprint density at radius 2 is 2.10 bits per heavy atom. The standard InChI is InChI=1S/C7H12N2S/c1-3-5-7(8)6(4-2)10-9-5/h3-4,8H2,1-2H3. The summed E-state index contributed by atoms with van der Waals surface area (Å²) in [5.41, 5.74) is 7.74. The topological polar surface area (TPSA) is 38.9 Å². The first-order valence-corrected chi connectivity index (χ1v) is 4.29. The average Bonchev–Trinajstić information content (AvgIpc) is 2.30. The fraction of sp³-hybridized carbons (Fsp3) is 0.571. The van der Waals surface area contributed by atoms with Crippen LogP contribution in [0, 0.1) is 0 Å². The van der Waals surface area contributed by atoms with Gasteiger partial charge in [-0.1, -0.05) is 13.8 Å². The monoisotopic (exact) mass is 156 g/mol. The molecule has 0 aromatic carbocycles. The van der Waals surface area contributed by atoms with Gasteiger partial charge in [0.05, 0.1) is 11.4 Å². The molecule has 3 heteroatoms. The number of nitrogens with zero attached hydrogens (tertiary/aromatic N) is 1. The lowest BCUT2D eigenvalue weighted by Crippen LogP contribution is -1.91. The number of rotatable bonds is 2. The number of nitrogen functional groups attached to an aromatic ring is 1. The van der Waals surface area contributed by atoms with Gasteiger partial charge in [0.2, 0.25) is 0 Å². The van der Waals surface area contributed by atoms with Crippen LogP contribution in [0.5, 0.6) is 0 Å². The van der Waals surface area contributed by atoms with E-state index in [1.54, 1.807) is 0 Å². The van der Waals surface area contributed by atoms with Crippen LogP contribution in [0.3, 0.4) is 0 Å². The summed E-state index contributed by atoms with van der Waals surface area (Å²) in [5, 5.41) is 0. The van der Waals surface area contributed by atoms with Crippen LogP contribution in [0.25, 0.3) is 0 Å². The van der Waals surface area contributed by atoms with Crippen molar-refractivity contribution in [3.63, 3.8) is 0 Å². The molecule has 1 aromatic rings. The Balaban J connectivity index is 2.97. The van der Waals surface area contributed by atoms with Gasteiger partial charge in [-0.25, -0.2) is 0 Å². The summed E-state index contributed by atoms with van der Waals surface area (Å²) in [4.78, 5) is 1.22. The molecule has 0 unspecified atom stereocenters. The number of nitrogens with two attached hydrogens (primary N) is 1. The highest BCUT2D eigenvalue weighted by Gasteiger charge is 2.05. The van der Waals surface area contributed by atoms with E-state index in [0.717, 1.165) is 24.2 Å². The predicted octanol–water partition coefficient (Wildman–Crippen LogP) is 1.85. The zero-order valence-electron chi connectivity index (χ0n) is 6.35. The highest BCUT2D eigenvalue weighted by atomic mass is 32.1. The van der Waals surface area contributed by atoms with Gasteiger partial charge in [-0.05, 0) is 24.4 Å². The molecule has 0 saturated heterocycles. The van der Waals surface area contributed by atoms with Gasteiger partial charge in [-0.2, -0.15) is 4.37 Å². The van der Waals surface area contributed by atoms with E-state index < -0.39 is 0 Å². The summed E-state index contributed by atoms with van der Waals surface area (Å²) in [6.45, 7) is 4.17. The molecule has 0 atom stereocenters. The predicted molar refractivity (Wildman–Crippen MR) is 45.3 cm³/mol. The lowest BCUT2D eigenvalue weighted by Gasteiger charge is -1.92. The van der Waals surface area contributed by atoms with Crippen molar-refractivity contribution in [2.75, 3.05) is 5.73 Å². The molecular weight excluding hydrogens is 144 g/mol. The Hall–Kier alpha value is -0.570. The Bertz CT molecular complexity index is 196. The van der Waals surface area contributed by atoms with Gasteiger partial charge in [0.25, 0.3) is 0 Å². The summed E-state index contributed by atoms with van der Waals surface area (Å²) in [6, 6.07) is 0. The molecular formula is C7H12N2S. The fourth-order valence-electron chi connectivity index (χ4n) is 0.879. The van der Waals surface area contributed by atoms with Crippen molar-refractivity contribution < 1.29 is 0 Å². The number of aromatic nitrogens is 1. The normalized spacial score (nSPS) is 10.2. The van der Waals surface area contributed by atoms with Crippen LogP contribution < -0.4 is 5.73 Å². The minimum atomic E-state index is 0.912. The zero-order chi connectivity index (χ0) is 7.56. The fourth-order valence-corrected chi connectivity index (χ4v) is 1.67. The molecule has 0 aliphatic carbocycles. The Morgan fingerprint density at radius 3 is 2.40 bits per heavy atom. The molecule has 0 amide bonds. The van der Waals surface area contributed by atoms with E-state index in [1.165, 1.54) is 16.4 Å². The van der Waals surface area contributed by atoms with Gasteiger partial charge in [-0.3, -0.25) is 0 Å². The minimum absolute atomic E-state index is 0.912. The molecule has 0 spiro atoms. The second kappa shape index (κ2) is 3.01. The average molecular weight is 156 g/mol. The number of aryl methyl sites for hydroxylation is 2. The first-order chi connectivity index (χ1) is 4.79. The van der Waals surface area contributed by atoms with E-state index in [-0.39, 0.29) is 0 Å². The number of anilines is 1. The van der Waals surface area contributed by atoms with E-state index >= 15 is 0 Å². The first-order valence-electron chi connectivity index (χ1n) is 3.52. The molecule has 0 bridgehead atoms. The van der Waals surface area contributed by atoms with Gasteiger partial charge in [-0.15, -0.1) is 0 Å². The lowest BCUT2D eigenvalue weighted by molar-refractivity contribution is 1.08. The molecule has 1 rings (SSSR count). The smallest absolute Gasteiger partial charge is 0.0771 e. The quantitative estimate of drug-likeness (QED) is 0.709. The maximum absolute atomic E-state index is 5.77. The molecule has 0 aliphatic rings. The molecule has 1 heterocycles. The van der Waals surface area contributed by atoms with Crippen molar-refractivity contribution in [1.82, 2.24) is 4.37 Å². The van der Waals surface area contributed by atoms with Gasteiger partial charge < -0.3 is 5.73 Å². The van der Waals surface area contributed by atoms with E-state index in [2.05, 4.69) is 18.2 Å². The molecule has 1 aromatic heterocycles. The molecule has 10 heavy (non-hydrogen) atoms. The lowest BCUT2D eigenvalue weighted by atomic mass is 10.2. The van der Waals surface area contributed by atoms with E-state index in [1.807, 2.05) is 0 Å². The van der Waals surface area contributed by atoms with Crippen LogP contribution in [0.2, 0.25) is 0 Å². The van der Waals surface area contributed by atoms with E-state index in [4.69, 9.17) is 5.73 Å². The van der Waals surface area contributed by atoms with Crippen molar-refractivity contribution in [1.29, 1.82) is 0 Å². The van der Waals surface area contributed by atoms with Crippen LogP contribution in [0.15, 0.2) is 0 Å². The van der Waals surface area contributed by atoms with Crippen LogP contribution in [0.4, 0.5) is 5.69 Å². The summed E-state index contributed by atoms with van der Waals surface area (Å²) in [5.74, 6) is 0. The maximum atomic E-state index is 5.77. The highest BCUT2D eigenvalue weighted by Crippen LogP contribution is 2.21. The maximum Gasteiger partial charge on any atom is 0.0771 e. The van der Waals surface area contributed by atoms with E-state index in [9.17, 15) is 0 Å². The Kier molecular flexibility index (Phi) is 2.27. The Labute approximate surface area is 65.2 Å². The van der Waals surface area contributed by atoms with Crippen molar-refractivity contribution in [2.45, 2.75) is 26.7 Å². The largest absolute Gasteiger partial charge is 0.396 e. The number of hydrogen-bond donors (Lipinski definition) is 1. The third-order valence-electron chi connectivity index (χ3n) is 1.53. The molecule has 2 N–H and O–H groups in total. The summed E-state index contributed by atoms with van der Waals surface area (Å²) < 4.78 is 4.22. The first kappa shape index (κ1) is 7.54. The second-order valence-electron chi connectivity index (χ2n) is 2.17. The molecule has 0 aliphatic heterocycles. The summed E-state index contributed by atoms with van der Waals surface area (Å²) in [6.07, 6.45) is 1.95. The van der Waals surface area contributed by atoms with Crippen molar-refractivity contribution in [2.24, 2.45) is 0 Å². The molecule has 0 saturated carbocycles. The molecule has 0 radical (unpaired) electrons. The van der Waals surface area contributed by atoms with Crippen molar-refractivity contribution in [3.05, 3.63) is 10.6 Å². The third-order valence-corrected chi connectivity index (χ3v) is 2.57. The Morgan fingerprint density at radius 1 is 1.40 bits per heavy atom. The third kappa shape index (κ3) is 1.14. The number of hydrogen-bond acceptors (Lipinski definition) is 3. The van der Waals surface area contributed by atoms with Gasteiger partial charge in [0.1, 0.15) is 0 Å². The molecule has 2 nitrogen and oxygen atoms in total. The van der Waals surface area contributed by atoms with Crippen LogP contribution >= 0.6 is 11.5 Å². The second-order valence-corrected chi connectivity index (χ2v) is 3.03. The van der Waals surface area contributed by atoms with Gasteiger partial charge in [0, 0.05) is 4.88 Å². The summed E-state index contributed by atoms with van der Waals surface area (Å²) >= 11 is 1.53. The van der Waals surface area contributed by atoms with Crippen LogP contribution in [0.1, 0.15) is 24.4 Å². The van der Waals surface area contributed by atoms with Crippen LogP contribution in [-0.4, -0.2) is 4.37 Å². The minimum Gasteiger partial charge on any atom is -0.396 e. The van der Waals surface area contributed by atoms with Gasteiger partial charge >= 0.3 is 0 Å². The SMILES string of the molecule is CCc1nsc(CC)c1N. The van der Waals surface area contributed by atoms with Gasteiger partial charge in [0.15, 0.2) is 0 Å². The highest BCUT2D eigenvalue weighted by molar-refractivity contribution is 7.06. The van der Waals surface area contributed by atoms with Crippen molar-refractivity contribution in [3.8, 4) is 0 Å². The summed E-state index contributed by atoms with van der Waals surface area (Å²) in [7, 11) is 0. The van der Waals surface area contributed by atoms with Crippen molar-refractivity contribution >= 4 is 17.2 Å². The van der Waals surface area contributed by atoms with E-state index in [0.29, 0.717) is 0 Å². The molecule has 56 valence electrons. The zero-order valence-corrected chi connectivity index (χ0v) is 7.16. The molecule has 0 fully saturated rings. The van der Waals surface area contributed by atoms with Crippen LogP contribution in [-0.2, 0) is 12.8 Å².